The highest BCUT2D eigenvalue weighted by molar-refractivity contribution is 5.84. The molecule has 80 valence electrons. The zero-order valence-corrected chi connectivity index (χ0v) is 9.15. The van der Waals surface area contributed by atoms with Crippen LogP contribution in [0.25, 0.3) is 0 Å². The topological polar surface area (TPSA) is 20.3 Å². The number of benzene rings is 1. The molecule has 2 heteroatoms. The molecule has 0 unspecified atom stereocenters. The SMILES string of the molecule is C=CCN(CCC)c1ccccc1C=O. The van der Waals surface area contributed by atoms with Crippen LogP contribution in [0.3, 0.4) is 0 Å². The molecule has 0 aliphatic heterocycles. The average molecular weight is 203 g/mol. The summed E-state index contributed by atoms with van der Waals surface area (Å²) in [6, 6.07) is 7.65. The van der Waals surface area contributed by atoms with Gasteiger partial charge in [-0.05, 0) is 18.6 Å². The minimum Gasteiger partial charge on any atom is -0.367 e. The van der Waals surface area contributed by atoms with Crippen molar-refractivity contribution in [1.29, 1.82) is 0 Å². The predicted octanol–water partition coefficient (Wildman–Crippen LogP) is 2.90. The Morgan fingerprint density at radius 2 is 2.13 bits per heavy atom. The van der Waals surface area contributed by atoms with Crippen LogP contribution in [0.2, 0.25) is 0 Å². The zero-order valence-electron chi connectivity index (χ0n) is 9.15. The maximum atomic E-state index is 10.9. The number of carbonyl (C=O) groups is 1. The van der Waals surface area contributed by atoms with Crippen LogP contribution in [0, 0.1) is 0 Å². The van der Waals surface area contributed by atoms with Crippen molar-refractivity contribution in [3.8, 4) is 0 Å². The average Bonchev–Trinajstić information content (AvgIpc) is 2.29. The van der Waals surface area contributed by atoms with Gasteiger partial charge in [-0.3, -0.25) is 4.79 Å². The van der Waals surface area contributed by atoms with Gasteiger partial charge in [0, 0.05) is 24.3 Å². The summed E-state index contributed by atoms with van der Waals surface area (Å²) in [5.74, 6) is 0. The van der Waals surface area contributed by atoms with Gasteiger partial charge < -0.3 is 4.90 Å². The molecule has 1 aromatic carbocycles. The number of aldehydes is 1. The quantitative estimate of drug-likeness (QED) is 0.523. The van der Waals surface area contributed by atoms with E-state index >= 15 is 0 Å². The summed E-state index contributed by atoms with van der Waals surface area (Å²) in [6.45, 7) is 7.58. The van der Waals surface area contributed by atoms with Crippen molar-refractivity contribution >= 4 is 12.0 Å². The van der Waals surface area contributed by atoms with Crippen LogP contribution in [-0.2, 0) is 0 Å². The lowest BCUT2D eigenvalue weighted by Gasteiger charge is -2.23. The molecule has 0 spiro atoms. The Morgan fingerprint density at radius 3 is 2.73 bits per heavy atom. The van der Waals surface area contributed by atoms with Crippen molar-refractivity contribution in [3.63, 3.8) is 0 Å². The number of rotatable bonds is 6. The monoisotopic (exact) mass is 203 g/mol. The van der Waals surface area contributed by atoms with Crippen LogP contribution < -0.4 is 4.90 Å². The van der Waals surface area contributed by atoms with Crippen molar-refractivity contribution in [2.45, 2.75) is 13.3 Å². The Balaban J connectivity index is 2.97. The predicted molar refractivity (Wildman–Crippen MR) is 64.5 cm³/mol. The summed E-state index contributed by atoms with van der Waals surface area (Å²) in [5, 5.41) is 0. The van der Waals surface area contributed by atoms with Crippen molar-refractivity contribution in [1.82, 2.24) is 0 Å². The Kier molecular flexibility index (Phi) is 4.61. The van der Waals surface area contributed by atoms with E-state index in [1.807, 2.05) is 30.3 Å². The van der Waals surface area contributed by atoms with E-state index in [-0.39, 0.29) is 0 Å². The van der Waals surface area contributed by atoms with Gasteiger partial charge in [0.25, 0.3) is 0 Å². The normalized spacial score (nSPS) is 9.67. The zero-order chi connectivity index (χ0) is 11.1. The van der Waals surface area contributed by atoms with Gasteiger partial charge in [-0.1, -0.05) is 25.1 Å². The summed E-state index contributed by atoms with van der Waals surface area (Å²) in [7, 11) is 0. The molecule has 1 aromatic rings. The van der Waals surface area contributed by atoms with Crippen LogP contribution in [0.1, 0.15) is 23.7 Å². The molecular weight excluding hydrogens is 186 g/mol. The first-order chi connectivity index (χ1) is 7.33. The van der Waals surface area contributed by atoms with Gasteiger partial charge in [0.2, 0.25) is 0 Å². The van der Waals surface area contributed by atoms with Gasteiger partial charge in [0.05, 0.1) is 0 Å². The highest BCUT2D eigenvalue weighted by Crippen LogP contribution is 2.18. The molecule has 0 amide bonds. The molecule has 0 N–H and O–H groups in total. The summed E-state index contributed by atoms with van der Waals surface area (Å²) in [6.07, 6.45) is 3.82. The molecule has 1 rings (SSSR count). The largest absolute Gasteiger partial charge is 0.367 e. The van der Waals surface area contributed by atoms with Crippen LogP contribution >= 0.6 is 0 Å². The van der Waals surface area contributed by atoms with E-state index in [1.165, 1.54) is 0 Å². The summed E-state index contributed by atoms with van der Waals surface area (Å²) in [4.78, 5) is 13.1. The molecule has 0 aliphatic carbocycles. The molecule has 0 saturated carbocycles. The number of carbonyl (C=O) groups excluding carboxylic acids is 1. The highest BCUT2D eigenvalue weighted by Gasteiger charge is 2.07. The van der Waals surface area contributed by atoms with Gasteiger partial charge >= 0.3 is 0 Å². The van der Waals surface area contributed by atoms with Gasteiger partial charge in [-0.25, -0.2) is 0 Å². The van der Waals surface area contributed by atoms with E-state index in [4.69, 9.17) is 0 Å². The first-order valence-electron chi connectivity index (χ1n) is 5.23. The number of hydrogen-bond acceptors (Lipinski definition) is 2. The Labute approximate surface area is 91.2 Å². The molecule has 0 aliphatic rings. The van der Waals surface area contributed by atoms with Crippen LogP contribution in [0.4, 0.5) is 5.69 Å². The smallest absolute Gasteiger partial charge is 0.152 e. The van der Waals surface area contributed by atoms with E-state index < -0.39 is 0 Å². The second-order valence-corrected chi connectivity index (χ2v) is 3.41. The number of para-hydroxylation sites is 1. The third-order valence-corrected chi connectivity index (χ3v) is 2.25. The van der Waals surface area contributed by atoms with Crippen LogP contribution in [0.15, 0.2) is 36.9 Å². The number of anilines is 1. The Morgan fingerprint density at radius 1 is 1.40 bits per heavy atom. The molecule has 0 aromatic heterocycles. The molecule has 15 heavy (non-hydrogen) atoms. The van der Waals surface area contributed by atoms with Crippen LogP contribution in [0.5, 0.6) is 0 Å². The lowest BCUT2D eigenvalue weighted by Crippen LogP contribution is -2.25. The summed E-state index contributed by atoms with van der Waals surface area (Å²) < 4.78 is 0. The fraction of sp³-hybridized carbons (Fsp3) is 0.308. The molecule has 0 atom stereocenters. The fourth-order valence-electron chi connectivity index (χ4n) is 1.61. The molecule has 2 nitrogen and oxygen atoms in total. The van der Waals surface area contributed by atoms with E-state index in [1.54, 1.807) is 0 Å². The lowest BCUT2D eigenvalue weighted by molar-refractivity contribution is 0.112. The Hall–Kier alpha value is -1.57. The summed E-state index contributed by atoms with van der Waals surface area (Å²) >= 11 is 0. The van der Waals surface area contributed by atoms with Crippen molar-refractivity contribution in [3.05, 3.63) is 42.5 Å². The number of nitrogens with zero attached hydrogens (tertiary/aromatic N) is 1. The van der Waals surface area contributed by atoms with Gasteiger partial charge in [-0.2, -0.15) is 0 Å². The maximum Gasteiger partial charge on any atom is 0.152 e. The molecule has 0 fully saturated rings. The van der Waals surface area contributed by atoms with Gasteiger partial charge in [0.1, 0.15) is 0 Å². The highest BCUT2D eigenvalue weighted by atomic mass is 16.1. The van der Waals surface area contributed by atoms with Crippen LogP contribution in [-0.4, -0.2) is 19.4 Å². The standard InChI is InChI=1S/C13H17NO/c1-3-9-14(10-4-2)13-8-6-5-7-12(13)11-15/h3,5-8,11H,1,4,9-10H2,2H3. The van der Waals surface area contributed by atoms with Crippen molar-refractivity contribution in [2.24, 2.45) is 0 Å². The molecule has 0 radical (unpaired) electrons. The minimum absolute atomic E-state index is 0.743. The fourth-order valence-corrected chi connectivity index (χ4v) is 1.61. The summed E-state index contributed by atoms with van der Waals surface area (Å²) in [5.41, 5.74) is 1.74. The molecule has 0 heterocycles. The molecule has 0 saturated heterocycles. The van der Waals surface area contributed by atoms with E-state index in [0.717, 1.165) is 37.0 Å². The minimum atomic E-state index is 0.743. The maximum absolute atomic E-state index is 10.9. The van der Waals surface area contributed by atoms with Gasteiger partial charge in [-0.15, -0.1) is 6.58 Å². The van der Waals surface area contributed by atoms with E-state index in [2.05, 4.69) is 18.4 Å². The molecular formula is C13H17NO. The second kappa shape index (κ2) is 6.02. The lowest BCUT2D eigenvalue weighted by atomic mass is 10.1. The first kappa shape index (κ1) is 11.5. The third kappa shape index (κ3) is 2.94. The van der Waals surface area contributed by atoms with Crippen molar-refractivity contribution in [2.75, 3.05) is 18.0 Å². The third-order valence-electron chi connectivity index (χ3n) is 2.25. The second-order valence-electron chi connectivity index (χ2n) is 3.41. The Bertz CT molecular complexity index is 333. The van der Waals surface area contributed by atoms with Crippen molar-refractivity contribution < 1.29 is 4.79 Å². The first-order valence-corrected chi connectivity index (χ1v) is 5.23. The number of hydrogen-bond donors (Lipinski definition) is 0. The molecule has 0 bridgehead atoms. The van der Waals surface area contributed by atoms with E-state index in [9.17, 15) is 4.79 Å². The van der Waals surface area contributed by atoms with Gasteiger partial charge in [0.15, 0.2) is 6.29 Å². The van der Waals surface area contributed by atoms with E-state index in [0.29, 0.717) is 0 Å².